The van der Waals surface area contributed by atoms with Gasteiger partial charge < -0.3 is 16.0 Å². The summed E-state index contributed by atoms with van der Waals surface area (Å²) in [4.78, 5) is 6.57. The summed E-state index contributed by atoms with van der Waals surface area (Å²) in [7, 11) is 0. The van der Waals surface area contributed by atoms with E-state index in [0.717, 1.165) is 12.2 Å². The quantitative estimate of drug-likeness (QED) is 0.808. The van der Waals surface area contributed by atoms with Crippen molar-refractivity contribution in [2.75, 3.05) is 30.7 Å². The number of nitrogens with two attached hydrogens (primary N) is 1. The third kappa shape index (κ3) is 3.10. The smallest absolute Gasteiger partial charge is 0.123 e. The number of anilines is 2. The summed E-state index contributed by atoms with van der Waals surface area (Å²) >= 11 is 0. The molecule has 1 aromatic heterocycles. The maximum absolute atomic E-state index is 5.54. The molecule has 4 nitrogen and oxygen atoms in total. The van der Waals surface area contributed by atoms with Crippen molar-refractivity contribution in [2.24, 2.45) is 0 Å². The van der Waals surface area contributed by atoms with E-state index in [1.54, 1.807) is 6.20 Å². The van der Waals surface area contributed by atoms with Gasteiger partial charge in [-0.2, -0.15) is 0 Å². The van der Waals surface area contributed by atoms with Crippen molar-refractivity contribution in [2.45, 2.75) is 25.8 Å². The lowest BCUT2D eigenvalue weighted by Gasteiger charge is -2.21. The molecule has 0 aromatic carbocycles. The maximum Gasteiger partial charge on any atom is 0.123 e. The van der Waals surface area contributed by atoms with E-state index in [-0.39, 0.29) is 0 Å². The van der Waals surface area contributed by atoms with Crippen molar-refractivity contribution >= 4 is 11.5 Å². The second-order valence-corrected chi connectivity index (χ2v) is 4.52. The van der Waals surface area contributed by atoms with Crippen molar-refractivity contribution in [3.8, 4) is 0 Å². The number of hydrogen-bond donors (Lipinski definition) is 2. The van der Waals surface area contributed by atoms with Crippen LogP contribution in [-0.2, 0) is 0 Å². The lowest BCUT2D eigenvalue weighted by Crippen LogP contribution is -2.32. The van der Waals surface area contributed by atoms with Gasteiger partial charge in [0.25, 0.3) is 0 Å². The Labute approximate surface area is 96.8 Å². The maximum atomic E-state index is 5.54. The molecule has 0 amide bonds. The van der Waals surface area contributed by atoms with Crippen LogP contribution in [0, 0.1) is 0 Å². The summed E-state index contributed by atoms with van der Waals surface area (Å²) in [6.45, 7) is 5.79. The van der Waals surface area contributed by atoms with E-state index in [1.165, 1.54) is 25.9 Å². The van der Waals surface area contributed by atoms with Crippen LogP contribution in [0.25, 0.3) is 0 Å². The molecular formula is C12H20N4. The second kappa shape index (κ2) is 5.16. The highest BCUT2D eigenvalue weighted by Gasteiger charge is 2.14. The molecule has 0 aliphatic carbocycles. The topological polar surface area (TPSA) is 54.2 Å². The highest BCUT2D eigenvalue weighted by Crippen LogP contribution is 2.11. The van der Waals surface area contributed by atoms with Crippen LogP contribution in [0.5, 0.6) is 0 Å². The van der Waals surface area contributed by atoms with Crippen LogP contribution in [0.3, 0.4) is 0 Å². The fraction of sp³-hybridized carbons (Fsp3) is 0.583. The number of nitrogens with one attached hydrogen (secondary N) is 1. The zero-order valence-corrected chi connectivity index (χ0v) is 9.82. The summed E-state index contributed by atoms with van der Waals surface area (Å²) in [5.74, 6) is 0.567. The van der Waals surface area contributed by atoms with Crippen molar-refractivity contribution in [1.82, 2.24) is 9.88 Å². The molecular weight excluding hydrogens is 200 g/mol. The van der Waals surface area contributed by atoms with Crippen molar-refractivity contribution < 1.29 is 0 Å². The Morgan fingerprint density at radius 1 is 1.44 bits per heavy atom. The second-order valence-electron chi connectivity index (χ2n) is 4.52. The standard InChI is InChI=1S/C12H20N4/c1-10(9-16-6-2-3-7-16)15-11-4-5-12(13)14-8-11/h4-5,8,10,15H,2-3,6-7,9H2,1H3,(H2,13,14). The molecule has 1 unspecified atom stereocenters. The molecule has 1 aliphatic rings. The third-order valence-electron chi connectivity index (χ3n) is 2.93. The molecule has 0 spiro atoms. The molecule has 16 heavy (non-hydrogen) atoms. The van der Waals surface area contributed by atoms with Gasteiger partial charge in [-0.15, -0.1) is 0 Å². The Balaban J connectivity index is 1.81. The van der Waals surface area contributed by atoms with E-state index in [1.807, 2.05) is 12.1 Å². The van der Waals surface area contributed by atoms with E-state index in [2.05, 4.69) is 22.1 Å². The third-order valence-corrected chi connectivity index (χ3v) is 2.93. The van der Waals surface area contributed by atoms with Gasteiger partial charge in [-0.05, 0) is 45.0 Å². The van der Waals surface area contributed by atoms with E-state index in [9.17, 15) is 0 Å². The van der Waals surface area contributed by atoms with Crippen molar-refractivity contribution in [3.63, 3.8) is 0 Å². The van der Waals surface area contributed by atoms with Gasteiger partial charge in [0.05, 0.1) is 11.9 Å². The molecule has 2 rings (SSSR count). The number of rotatable bonds is 4. The molecule has 1 fully saturated rings. The first kappa shape index (κ1) is 11.2. The Kier molecular flexibility index (Phi) is 3.62. The largest absolute Gasteiger partial charge is 0.384 e. The van der Waals surface area contributed by atoms with E-state index in [0.29, 0.717) is 11.9 Å². The van der Waals surface area contributed by atoms with Crippen LogP contribution in [0.4, 0.5) is 11.5 Å². The molecule has 1 atom stereocenters. The van der Waals surface area contributed by atoms with Crippen LogP contribution in [0.1, 0.15) is 19.8 Å². The first-order chi connectivity index (χ1) is 7.74. The van der Waals surface area contributed by atoms with E-state index in [4.69, 9.17) is 5.73 Å². The van der Waals surface area contributed by atoms with Crippen LogP contribution in [0.2, 0.25) is 0 Å². The number of pyridine rings is 1. The Hall–Kier alpha value is -1.29. The number of likely N-dealkylation sites (tertiary alicyclic amines) is 1. The van der Waals surface area contributed by atoms with Gasteiger partial charge >= 0.3 is 0 Å². The first-order valence-electron chi connectivity index (χ1n) is 5.94. The molecule has 0 saturated carbocycles. The lowest BCUT2D eigenvalue weighted by molar-refractivity contribution is 0.328. The van der Waals surface area contributed by atoms with Crippen LogP contribution in [0.15, 0.2) is 18.3 Å². The monoisotopic (exact) mass is 220 g/mol. The summed E-state index contributed by atoms with van der Waals surface area (Å²) < 4.78 is 0. The molecule has 88 valence electrons. The molecule has 1 saturated heterocycles. The Morgan fingerprint density at radius 3 is 2.81 bits per heavy atom. The number of hydrogen-bond acceptors (Lipinski definition) is 4. The summed E-state index contributed by atoms with van der Waals surface area (Å²) in [6, 6.07) is 4.25. The molecule has 0 bridgehead atoms. The van der Waals surface area contributed by atoms with Crippen LogP contribution < -0.4 is 11.1 Å². The predicted octanol–water partition coefficient (Wildman–Crippen LogP) is 1.56. The van der Waals surface area contributed by atoms with Gasteiger partial charge in [-0.3, -0.25) is 0 Å². The Bertz CT molecular complexity index is 316. The number of nitrogens with zero attached hydrogens (tertiary/aromatic N) is 2. The van der Waals surface area contributed by atoms with Gasteiger partial charge in [0.1, 0.15) is 5.82 Å². The van der Waals surface area contributed by atoms with E-state index < -0.39 is 0 Å². The molecule has 0 radical (unpaired) electrons. The predicted molar refractivity (Wildman–Crippen MR) is 67.4 cm³/mol. The molecule has 3 N–H and O–H groups in total. The fourth-order valence-electron chi connectivity index (χ4n) is 2.17. The highest BCUT2D eigenvalue weighted by atomic mass is 15.2. The minimum atomic E-state index is 0.448. The first-order valence-corrected chi connectivity index (χ1v) is 5.94. The van der Waals surface area contributed by atoms with Gasteiger partial charge in [0, 0.05) is 12.6 Å². The summed E-state index contributed by atoms with van der Waals surface area (Å²) in [5.41, 5.74) is 6.58. The summed E-state index contributed by atoms with van der Waals surface area (Å²) in [6.07, 6.45) is 4.47. The van der Waals surface area contributed by atoms with Crippen LogP contribution in [-0.4, -0.2) is 35.6 Å². The van der Waals surface area contributed by atoms with Crippen LogP contribution >= 0.6 is 0 Å². The van der Waals surface area contributed by atoms with Crippen molar-refractivity contribution in [3.05, 3.63) is 18.3 Å². The van der Waals surface area contributed by atoms with Gasteiger partial charge in [0.15, 0.2) is 0 Å². The van der Waals surface area contributed by atoms with Gasteiger partial charge in [-0.1, -0.05) is 0 Å². The number of aromatic nitrogens is 1. The zero-order valence-electron chi connectivity index (χ0n) is 9.82. The fourth-order valence-corrected chi connectivity index (χ4v) is 2.17. The summed E-state index contributed by atoms with van der Waals surface area (Å²) in [5, 5.41) is 3.44. The SMILES string of the molecule is CC(CN1CCCC1)Nc1ccc(N)nc1. The molecule has 1 aromatic rings. The average Bonchev–Trinajstić information content (AvgIpc) is 2.74. The highest BCUT2D eigenvalue weighted by molar-refractivity contribution is 5.45. The lowest BCUT2D eigenvalue weighted by atomic mass is 10.3. The zero-order chi connectivity index (χ0) is 11.4. The van der Waals surface area contributed by atoms with Gasteiger partial charge in [0.2, 0.25) is 0 Å². The minimum Gasteiger partial charge on any atom is -0.384 e. The van der Waals surface area contributed by atoms with E-state index >= 15 is 0 Å². The Morgan fingerprint density at radius 2 is 2.19 bits per heavy atom. The number of nitrogen functional groups attached to an aromatic ring is 1. The van der Waals surface area contributed by atoms with Gasteiger partial charge in [-0.25, -0.2) is 4.98 Å². The normalized spacial score (nSPS) is 18.6. The average molecular weight is 220 g/mol. The van der Waals surface area contributed by atoms with Crippen molar-refractivity contribution in [1.29, 1.82) is 0 Å². The minimum absolute atomic E-state index is 0.448. The molecule has 1 aliphatic heterocycles. The molecule has 4 heteroatoms. The molecule has 2 heterocycles.